The minimum Gasteiger partial charge on any atom is -0.309 e. The lowest BCUT2D eigenvalue weighted by Crippen LogP contribution is -2.74. The van der Waals surface area contributed by atoms with Gasteiger partial charge in [0, 0.05) is 69.6 Å². The molecule has 332 valence electrons. The van der Waals surface area contributed by atoms with Crippen LogP contribution in [0.3, 0.4) is 0 Å². The Balaban J connectivity index is 0.917. The molecule has 3 nitrogen and oxygen atoms in total. The van der Waals surface area contributed by atoms with Crippen molar-refractivity contribution in [2.75, 3.05) is 0 Å². The van der Waals surface area contributed by atoms with E-state index in [9.17, 15) is 0 Å². The molecule has 0 atom stereocenters. The quantitative estimate of drug-likeness (QED) is 0.112. The molecule has 0 saturated carbocycles. The molecule has 4 aromatic heterocycles. The van der Waals surface area contributed by atoms with Gasteiger partial charge in [0.25, 0.3) is 0 Å². The first kappa shape index (κ1) is 40.2. The molecular weight excluding hydrogens is 895 g/mol. The number of hydrogen-bond acceptors (Lipinski definition) is 1. The molecule has 0 radical (unpaired) electrons. The van der Waals surface area contributed by atoms with Crippen molar-refractivity contribution < 1.29 is 0 Å². The summed E-state index contributed by atoms with van der Waals surface area (Å²) in [5.41, 5.74) is 10.6. The molecule has 0 saturated heterocycles. The molecule has 0 bridgehead atoms. The lowest BCUT2D eigenvalue weighted by molar-refractivity contribution is 1.16. The Bertz CT molecular complexity index is 4480. The highest BCUT2D eigenvalue weighted by atomic mass is 32.1. The van der Waals surface area contributed by atoms with Gasteiger partial charge in [-0.1, -0.05) is 176 Å². The average Bonchev–Trinajstić information content (AvgIpc) is 4.17. The zero-order chi connectivity index (χ0) is 46.6. The van der Waals surface area contributed by atoms with Crippen molar-refractivity contribution in [2.24, 2.45) is 0 Å². The van der Waals surface area contributed by atoms with E-state index < -0.39 is 8.07 Å². The Hall–Kier alpha value is -8.74. The summed E-state index contributed by atoms with van der Waals surface area (Å²) < 4.78 is 10.1. The van der Waals surface area contributed by atoms with E-state index in [0.717, 1.165) is 17.1 Å². The van der Waals surface area contributed by atoms with E-state index in [1.54, 1.807) is 0 Å². The zero-order valence-electron chi connectivity index (χ0n) is 38.6. The van der Waals surface area contributed by atoms with Gasteiger partial charge >= 0.3 is 0 Å². The normalized spacial score (nSPS) is 12.2. The van der Waals surface area contributed by atoms with Crippen molar-refractivity contribution in [3.05, 3.63) is 261 Å². The second kappa shape index (κ2) is 15.6. The molecule has 0 aliphatic rings. The van der Waals surface area contributed by atoms with Gasteiger partial charge in [0.15, 0.2) is 8.07 Å². The Morgan fingerprint density at radius 3 is 1.14 bits per heavy atom. The topological polar surface area (TPSA) is 14.8 Å². The van der Waals surface area contributed by atoms with Crippen LogP contribution in [0.25, 0.3) is 103 Å². The van der Waals surface area contributed by atoms with Crippen LogP contribution in [0.5, 0.6) is 0 Å². The Morgan fingerprint density at radius 2 is 0.620 bits per heavy atom. The summed E-state index contributed by atoms with van der Waals surface area (Å²) >= 11 is 1.88. The summed E-state index contributed by atoms with van der Waals surface area (Å²) in [6.07, 6.45) is 0. The molecular formula is C66H43N3SSi. The van der Waals surface area contributed by atoms with E-state index in [1.165, 1.54) is 106 Å². The van der Waals surface area contributed by atoms with E-state index in [1.807, 2.05) is 11.3 Å². The van der Waals surface area contributed by atoms with E-state index in [-0.39, 0.29) is 0 Å². The van der Waals surface area contributed by atoms with Crippen LogP contribution in [0.4, 0.5) is 0 Å². The van der Waals surface area contributed by atoms with Crippen molar-refractivity contribution in [1.29, 1.82) is 0 Å². The second-order valence-electron chi connectivity index (χ2n) is 18.8. The van der Waals surface area contributed by atoms with Gasteiger partial charge in [-0.05, 0) is 106 Å². The van der Waals surface area contributed by atoms with Crippen molar-refractivity contribution in [3.8, 4) is 17.1 Å². The highest BCUT2D eigenvalue weighted by molar-refractivity contribution is 7.26. The molecule has 5 heteroatoms. The molecule has 0 aliphatic heterocycles. The van der Waals surface area contributed by atoms with Gasteiger partial charge in [-0.3, -0.25) is 0 Å². The van der Waals surface area contributed by atoms with Crippen molar-refractivity contribution in [2.45, 2.75) is 0 Å². The first-order valence-corrected chi connectivity index (χ1v) is 27.2. The predicted molar refractivity (Wildman–Crippen MR) is 306 cm³/mol. The number of thiophene rings is 1. The van der Waals surface area contributed by atoms with Gasteiger partial charge in [0.2, 0.25) is 0 Å². The molecule has 11 aromatic carbocycles. The Labute approximate surface area is 415 Å². The van der Waals surface area contributed by atoms with Gasteiger partial charge in [-0.25, -0.2) is 0 Å². The molecule has 0 spiro atoms. The minimum absolute atomic E-state index is 1.14. The fourth-order valence-electron chi connectivity index (χ4n) is 12.2. The lowest BCUT2D eigenvalue weighted by atomic mass is 10.1. The molecule has 0 amide bonds. The van der Waals surface area contributed by atoms with Crippen LogP contribution in [0.15, 0.2) is 261 Å². The highest BCUT2D eigenvalue weighted by Crippen LogP contribution is 2.42. The summed E-state index contributed by atoms with van der Waals surface area (Å²) in [6.45, 7) is 0. The number of fused-ring (bicyclic) bond motifs is 12. The summed E-state index contributed by atoms with van der Waals surface area (Å²) in [5, 5.41) is 15.5. The molecule has 0 unspecified atom stereocenters. The standard InChI is InChI=1S/C66H43N3SSi/c1-4-20-47(21-5-1)71(48-22-6-2-7-23-48,49-24-8-3-9-25-49)50-26-18-19-44(39-50)67-59-31-14-10-27-51(59)55-40-45(35-37-62(55)67)68-60-32-15-11-28-52(60)56-41-46(36-38-63(56)68)69-61-33-16-12-29-53(61)57-43-66-58(42-64(57)69)54-30-13-17-34-65(54)70-66/h1-43H. The Kier molecular flexibility index (Phi) is 8.85. The van der Waals surface area contributed by atoms with E-state index >= 15 is 0 Å². The van der Waals surface area contributed by atoms with E-state index in [0.29, 0.717) is 0 Å². The summed E-state index contributed by atoms with van der Waals surface area (Å²) in [6, 6.07) is 97.5. The van der Waals surface area contributed by atoms with Crippen LogP contribution in [0.1, 0.15) is 0 Å². The largest absolute Gasteiger partial charge is 0.309 e. The van der Waals surface area contributed by atoms with Crippen LogP contribution in [0.2, 0.25) is 0 Å². The first-order chi connectivity index (χ1) is 35.2. The third-order valence-electron chi connectivity index (χ3n) is 15.2. The van der Waals surface area contributed by atoms with E-state index in [4.69, 9.17) is 0 Å². The fraction of sp³-hybridized carbons (Fsp3) is 0. The zero-order valence-corrected chi connectivity index (χ0v) is 40.4. The average molecular weight is 938 g/mol. The SMILES string of the molecule is c1ccc([Si](c2ccccc2)(c2ccccc2)c2cccc(-n3c4ccccc4c4cc(-n5c6ccccc6c6cc(-n7c8ccccc8c8cc9sc%10ccccc%10c9cc87)ccc65)ccc43)c2)cc1. The third-order valence-corrected chi connectivity index (χ3v) is 21.1. The fourth-order valence-corrected chi connectivity index (χ4v) is 18.1. The molecule has 0 aliphatic carbocycles. The van der Waals surface area contributed by atoms with Crippen molar-refractivity contribution in [1.82, 2.24) is 13.7 Å². The van der Waals surface area contributed by atoms with Gasteiger partial charge in [-0.2, -0.15) is 0 Å². The number of aromatic nitrogens is 3. The maximum absolute atomic E-state index is 2.76. The number of nitrogens with zero attached hydrogens (tertiary/aromatic N) is 3. The predicted octanol–water partition coefficient (Wildman–Crippen LogP) is 14.7. The van der Waals surface area contributed by atoms with Crippen LogP contribution >= 0.6 is 11.3 Å². The highest BCUT2D eigenvalue weighted by Gasteiger charge is 2.41. The third kappa shape index (κ3) is 5.88. The Morgan fingerprint density at radius 1 is 0.225 bits per heavy atom. The molecule has 15 rings (SSSR count). The lowest BCUT2D eigenvalue weighted by Gasteiger charge is -2.34. The molecule has 4 heterocycles. The van der Waals surface area contributed by atoms with Gasteiger partial charge < -0.3 is 13.7 Å². The monoisotopic (exact) mass is 937 g/mol. The summed E-state index contributed by atoms with van der Waals surface area (Å²) in [7, 11) is -2.76. The summed E-state index contributed by atoms with van der Waals surface area (Å²) in [5.74, 6) is 0. The van der Waals surface area contributed by atoms with Crippen LogP contribution in [-0.2, 0) is 0 Å². The summed E-state index contributed by atoms with van der Waals surface area (Å²) in [4.78, 5) is 0. The van der Waals surface area contributed by atoms with Crippen LogP contribution < -0.4 is 20.7 Å². The number of rotatable bonds is 7. The first-order valence-electron chi connectivity index (χ1n) is 24.4. The number of benzene rings is 11. The molecule has 0 N–H and O–H groups in total. The van der Waals surface area contributed by atoms with Crippen LogP contribution in [-0.4, -0.2) is 21.8 Å². The number of para-hydroxylation sites is 3. The second-order valence-corrected chi connectivity index (χ2v) is 23.7. The minimum atomic E-state index is -2.76. The van der Waals surface area contributed by atoms with Gasteiger partial charge in [0.05, 0.1) is 33.1 Å². The maximum atomic E-state index is 2.48. The maximum Gasteiger partial charge on any atom is 0.179 e. The molecule has 71 heavy (non-hydrogen) atoms. The molecule has 15 aromatic rings. The smallest absolute Gasteiger partial charge is 0.179 e. The van der Waals surface area contributed by atoms with E-state index in [2.05, 4.69) is 275 Å². The molecule has 0 fully saturated rings. The van der Waals surface area contributed by atoms with Gasteiger partial charge in [-0.15, -0.1) is 11.3 Å². The van der Waals surface area contributed by atoms with Gasteiger partial charge in [0.1, 0.15) is 0 Å². The van der Waals surface area contributed by atoms with Crippen molar-refractivity contribution >= 4 is 126 Å². The number of hydrogen-bond donors (Lipinski definition) is 0. The van der Waals surface area contributed by atoms with Crippen LogP contribution in [0, 0.1) is 0 Å². The van der Waals surface area contributed by atoms with Crippen molar-refractivity contribution in [3.63, 3.8) is 0 Å².